The maximum Gasteiger partial charge on any atom is 0.408 e. The van der Waals surface area contributed by atoms with Crippen molar-refractivity contribution in [1.82, 2.24) is 15.5 Å². The number of benzene rings is 1. The fourth-order valence-corrected chi connectivity index (χ4v) is 4.27. The number of carbonyl (C=O) groups excluding carboxylic acids is 4. The summed E-state index contributed by atoms with van der Waals surface area (Å²) in [6, 6.07) is 4.00. The Morgan fingerprint density at radius 1 is 1.02 bits per heavy atom. The zero-order chi connectivity index (χ0) is 30.3. The van der Waals surface area contributed by atoms with E-state index < -0.39 is 41.6 Å². The number of esters is 1. The maximum absolute atomic E-state index is 14.2. The van der Waals surface area contributed by atoms with Crippen LogP contribution in [0.5, 0.6) is 5.75 Å². The van der Waals surface area contributed by atoms with Crippen LogP contribution in [-0.2, 0) is 23.9 Å². The van der Waals surface area contributed by atoms with Crippen molar-refractivity contribution in [2.75, 3.05) is 20.2 Å². The molecule has 1 aromatic carbocycles. The molecule has 0 saturated heterocycles. The molecule has 0 saturated carbocycles. The van der Waals surface area contributed by atoms with Crippen LogP contribution >= 0.6 is 0 Å². The van der Waals surface area contributed by atoms with Gasteiger partial charge in [0, 0.05) is 6.54 Å². The molecule has 10 heteroatoms. The number of hydrogen-bond donors (Lipinski definition) is 3. The molecule has 0 aliphatic carbocycles. The van der Waals surface area contributed by atoms with Crippen LogP contribution in [0.1, 0.15) is 98.1 Å². The summed E-state index contributed by atoms with van der Waals surface area (Å²) in [5.41, 5.74) is -0.381. The van der Waals surface area contributed by atoms with Crippen molar-refractivity contribution in [2.45, 2.75) is 104 Å². The van der Waals surface area contributed by atoms with Gasteiger partial charge in [0.25, 0.3) is 0 Å². The van der Waals surface area contributed by atoms with E-state index in [9.17, 15) is 24.3 Å². The molecule has 2 atom stereocenters. The van der Waals surface area contributed by atoms with Gasteiger partial charge in [-0.25, -0.2) is 4.79 Å². The number of methoxy groups -OCH3 is 1. The van der Waals surface area contributed by atoms with E-state index in [0.29, 0.717) is 18.4 Å². The number of ether oxygens (including phenoxy) is 2. The van der Waals surface area contributed by atoms with Crippen molar-refractivity contribution >= 4 is 23.9 Å². The lowest BCUT2D eigenvalue weighted by atomic mass is 9.98. The minimum Gasteiger partial charge on any atom is -0.508 e. The first-order valence-corrected chi connectivity index (χ1v) is 14.2. The minimum atomic E-state index is -1.16. The first-order chi connectivity index (χ1) is 18.8. The second-order valence-corrected chi connectivity index (χ2v) is 11.4. The van der Waals surface area contributed by atoms with Gasteiger partial charge in [-0.05, 0) is 57.2 Å². The van der Waals surface area contributed by atoms with Crippen molar-refractivity contribution in [3.05, 3.63) is 29.8 Å². The highest BCUT2D eigenvalue weighted by molar-refractivity contribution is 5.93. The van der Waals surface area contributed by atoms with Gasteiger partial charge in [0.15, 0.2) is 0 Å². The topological polar surface area (TPSA) is 134 Å². The Balaban J connectivity index is 3.45. The van der Waals surface area contributed by atoms with Crippen LogP contribution < -0.4 is 10.6 Å². The molecule has 0 aliphatic heterocycles. The second kappa shape index (κ2) is 17.4. The predicted molar refractivity (Wildman–Crippen MR) is 154 cm³/mol. The summed E-state index contributed by atoms with van der Waals surface area (Å²) in [4.78, 5) is 53.6. The number of aromatic hydroxyl groups is 1. The zero-order valence-corrected chi connectivity index (χ0v) is 25.2. The summed E-state index contributed by atoms with van der Waals surface area (Å²) in [6.45, 7) is 11.1. The van der Waals surface area contributed by atoms with Crippen LogP contribution in [0.15, 0.2) is 24.3 Å². The van der Waals surface area contributed by atoms with Crippen LogP contribution in [0.2, 0.25) is 0 Å². The Hall–Kier alpha value is -3.30. The third-order valence-corrected chi connectivity index (χ3v) is 6.11. The predicted octanol–water partition coefficient (Wildman–Crippen LogP) is 4.85. The maximum atomic E-state index is 14.2. The van der Waals surface area contributed by atoms with E-state index in [1.165, 1.54) is 24.1 Å². The third kappa shape index (κ3) is 13.2. The molecular formula is C30H49N3O7. The number of nitrogens with zero attached hydrogens (tertiary/aromatic N) is 1. The molecular weight excluding hydrogens is 514 g/mol. The minimum absolute atomic E-state index is 0.0483. The van der Waals surface area contributed by atoms with E-state index in [2.05, 4.69) is 22.3 Å². The molecule has 0 heterocycles. The molecule has 3 N–H and O–H groups in total. The number of alkyl carbamates (subject to hydrolysis) is 1. The standard InChI is InChI=1S/C30H49N3O7/c1-8-9-10-11-12-13-17-33(28(37)24(18-21(2)3)32-29(38)40-30(4,5)6)26(22-15-14-16-23(34)19-22)27(36)31-20-25(35)39-7/h14-16,19,21,24,26,34H,8-13,17-18,20H2,1-7H3,(H,31,36)(H,32,38). The van der Waals surface area contributed by atoms with Gasteiger partial charge in [-0.1, -0.05) is 65.0 Å². The lowest BCUT2D eigenvalue weighted by Gasteiger charge is -2.35. The number of hydrogen-bond acceptors (Lipinski definition) is 7. The Morgan fingerprint density at radius 2 is 1.68 bits per heavy atom. The fourth-order valence-electron chi connectivity index (χ4n) is 4.27. The van der Waals surface area contributed by atoms with Crippen LogP contribution in [0.3, 0.4) is 0 Å². The molecule has 40 heavy (non-hydrogen) atoms. The monoisotopic (exact) mass is 563 g/mol. The Labute approximate surface area is 239 Å². The molecule has 226 valence electrons. The lowest BCUT2D eigenvalue weighted by Crippen LogP contribution is -2.54. The van der Waals surface area contributed by atoms with Crippen molar-refractivity contribution in [3.63, 3.8) is 0 Å². The largest absolute Gasteiger partial charge is 0.508 e. The summed E-state index contributed by atoms with van der Waals surface area (Å²) >= 11 is 0. The number of amides is 3. The molecule has 0 bridgehead atoms. The summed E-state index contributed by atoms with van der Waals surface area (Å²) in [5.74, 6) is -1.71. The summed E-state index contributed by atoms with van der Waals surface area (Å²) in [6.07, 6.45) is 5.39. The van der Waals surface area contributed by atoms with Gasteiger partial charge in [-0.2, -0.15) is 0 Å². The van der Waals surface area contributed by atoms with E-state index in [-0.39, 0.29) is 24.8 Å². The van der Waals surface area contributed by atoms with Crippen LogP contribution in [-0.4, -0.2) is 65.7 Å². The SMILES string of the molecule is CCCCCCCCN(C(=O)C(CC(C)C)NC(=O)OC(C)(C)C)C(C(=O)NCC(=O)OC)c1cccc(O)c1. The highest BCUT2D eigenvalue weighted by Crippen LogP contribution is 2.27. The van der Waals surface area contributed by atoms with Gasteiger partial charge in [0.05, 0.1) is 7.11 Å². The van der Waals surface area contributed by atoms with Crippen molar-refractivity contribution in [2.24, 2.45) is 5.92 Å². The number of carbonyl (C=O) groups is 4. The molecule has 2 unspecified atom stereocenters. The van der Waals surface area contributed by atoms with Gasteiger partial charge >= 0.3 is 12.1 Å². The van der Waals surface area contributed by atoms with Gasteiger partial charge in [-0.3, -0.25) is 14.4 Å². The van der Waals surface area contributed by atoms with E-state index in [1.807, 2.05) is 13.8 Å². The summed E-state index contributed by atoms with van der Waals surface area (Å²) in [7, 11) is 1.22. The molecule has 1 aromatic rings. The summed E-state index contributed by atoms with van der Waals surface area (Å²) < 4.78 is 10.1. The number of unbranched alkanes of at least 4 members (excludes halogenated alkanes) is 5. The summed E-state index contributed by atoms with van der Waals surface area (Å²) in [5, 5.41) is 15.5. The third-order valence-electron chi connectivity index (χ3n) is 6.11. The van der Waals surface area contributed by atoms with E-state index >= 15 is 0 Å². The number of nitrogens with one attached hydrogen (secondary N) is 2. The average Bonchev–Trinajstić information content (AvgIpc) is 2.86. The van der Waals surface area contributed by atoms with Gasteiger partial charge in [-0.15, -0.1) is 0 Å². The normalized spacial score (nSPS) is 12.8. The molecule has 0 aliphatic rings. The molecule has 0 fully saturated rings. The highest BCUT2D eigenvalue weighted by Gasteiger charge is 2.36. The van der Waals surface area contributed by atoms with Crippen LogP contribution in [0.25, 0.3) is 0 Å². The smallest absolute Gasteiger partial charge is 0.408 e. The quantitative estimate of drug-likeness (QED) is 0.193. The van der Waals surface area contributed by atoms with Crippen molar-refractivity contribution in [3.8, 4) is 5.75 Å². The van der Waals surface area contributed by atoms with E-state index in [0.717, 1.165) is 32.1 Å². The molecule has 1 rings (SSSR count). The van der Waals surface area contributed by atoms with Crippen molar-refractivity contribution < 1.29 is 33.8 Å². The second-order valence-electron chi connectivity index (χ2n) is 11.4. The first-order valence-electron chi connectivity index (χ1n) is 14.2. The fraction of sp³-hybridized carbons (Fsp3) is 0.667. The molecule has 0 spiro atoms. The lowest BCUT2D eigenvalue weighted by molar-refractivity contribution is -0.145. The van der Waals surface area contributed by atoms with Crippen LogP contribution in [0.4, 0.5) is 4.79 Å². The van der Waals surface area contributed by atoms with E-state index in [1.54, 1.807) is 32.9 Å². The van der Waals surface area contributed by atoms with Crippen LogP contribution in [0, 0.1) is 5.92 Å². The van der Waals surface area contributed by atoms with Gasteiger partial charge < -0.3 is 30.1 Å². The number of phenols is 1. The molecule has 10 nitrogen and oxygen atoms in total. The zero-order valence-electron chi connectivity index (χ0n) is 25.2. The molecule has 3 amide bonds. The highest BCUT2D eigenvalue weighted by atomic mass is 16.6. The Morgan fingerprint density at radius 3 is 2.25 bits per heavy atom. The molecule has 0 radical (unpaired) electrons. The Bertz CT molecular complexity index is 959. The van der Waals surface area contributed by atoms with Gasteiger partial charge in [0.1, 0.15) is 30.0 Å². The first kappa shape index (κ1) is 34.7. The molecule has 0 aromatic heterocycles. The van der Waals surface area contributed by atoms with E-state index in [4.69, 9.17) is 4.74 Å². The number of phenolic OH excluding ortho intramolecular Hbond substituents is 1. The number of rotatable bonds is 16. The average molecular weight is 564 g/mol. The van der Waals surface area contributed by atoms with Gasteiger partial charge in [0.2, 0.25) is 11.8 Å². The Kier molecular flexibility index (Phi) is 15.1. The van der Waals surface area contributed by atoms with Crippen molar-refractivity contribution in [1.29, 1.82) is 0 Å².